The van der Waals surface area contributed by atoms with E-state index < -0.39 is 0 Å². The van der Waals surface area contributed by atoms with Crippen molar-refractivity contribution >= 4 is 49.8 Å². The Morgan fingerprint density at radius 1 is 0.429 bits per heavy atom. The van der Waals surface area contributed by atoms with Crippen LogP contribution in [-0.2, 0) is 0 Å². The van der Waals surface area contributed by atoms with Crippen molar-refractivity contribution in [2.24, 2.45) is 0 Å². The van der Waals surface area contributed by atoms with Gasteiger partial charge in [-0.05, 0) is 78.9 Å². The summed E-state index contributed by atoms with van der Waals surface area (Å²) in [7, 11) is 0. The molecule has 2 aromatic heterocycles. The van der Waals surface area contributed by atoms with Crippen molar-refractivity contribution < 1.29 is 4.74 Å². The SMILES string of the molecule is c1ccc(-n2ccc3c4c5ccccc5n(-c5cccc(N6c7ccccc7Oc7ccccc76)c5)c4ccc32)cc1. The lowest BCUT2D eigenvalue weighted by Gasteiger charge is -2.33. The van der Waals surface area contributed by atoms with Crippen molar-refractivity contribution in [3.05, 3.63) is 152 Å². The lowest BCUT2D eigenvalue weighted by molar-refractivity contribution is 0.477. The number of rotatable bonds is 3. The molecular weight excluding hydrogens is 514 g/mol. The monoisotopic (exact) mass is 539 g/mol. The summed E-state index contributed by atoms with van der Waals surface area (Å²) in [6, 6.07) is 51.3. The van der Waals surface area contributed by atoms with Gasteiger partial charge in [-0.3, -0.25) is 0 Å². The van der Waals surface area contributed by atoms with E-state index in [0.717, 1.165) is 39.9 Å². The highest BCUT2D eigenvalue weighted by Gasteiger charge is 2.26. The van der Waals surface area contributed by atoms with Crippen LogP contribution in [0.2, 0.25) is 0 Å². The first-order valence-electron chi connectivity index (χ1n) is 14.2. The van der Waals surface area contributed by atoms with Crippen LogP contribution in [0.5, 0.6) is 11.5 Å². The van der Waals surface area contributed by atoms with Crippen LogP contribution in [0.15, 0.2) is 152 Å². The molecule has 0 atom stereocenters. The van der Waals surface area contributed by atoms with E-state index in [1.165, 1.54) is 32.7 Å². The first-order valence-corrected chi connectivity index (χ1v) is 14.2. The summed E-state index contributed by atoms with van der Waals surface area (Å²) in [6.07, 6.45) is 2.18. The molecule has 4 heteroatoms. The molecule has 0 N–H and O–H groups in total. The molecule has 0 unspecified atom stereocenters. The Labute approximate surface area is 242 Å². The highest BCUT2D eigenvalue weighted by Crippen LogP contribution is 2.50. The molecule has 0 spiro atoms. The third-order valence-electron chi connectivity index (χ3n) is 8.32. The Morgan fingerprint density at radius 2 is 1.05 bits per heavy atom. The summed E-state index contributed by atoms with van der Waals surface area (Å²) in [5.41, 5.74) is 8.99. The van der Waals surface area contributed by atoms with Crippen molar-refractivity contribution in [3.8, 4) is 22.9 Å². The third kappa shape index (κ3) is 3.29. The molecule has 1 aliphatic heterocycles. The van der Waals surface area contributed by atoms with Crippen LogP contribution in [0.4, 0.5) is 17.1 Å². The molecule has 42 heavy (non-hydrogen) atoms. The highest BCUT2D eigenvalue weighted by molar-refractivity contribution is 6.21. The molecule has 198 valence electrons. The summed E-state index contributed by atoms with van der Waals surface area (Å²) in [5.74, 6) is 1.70. The minimum atomic E-state index is 0.851. The van der Waals surface area contributed by atoms with Gasteiger partial charge in [0.15, 0.2) is 11.5 Å². The van der Waals surface area contributed by atoms with E-state index in [0.29, 0.717) is 0 Å². The van der Waals surface area contributed by atoms with Gasteiger partial charge in [-0.1, -0.05) is 66.7 Å². The Bertz CT molecular complexity index is 2250. The molecule has 9 rings (SSSR count). The van der Waals surface area contributed by atoms with Crippen LogP contribution in [0.3, 0.4) is 0 Å². The molecule has 0 radical (unpaired) electrons. The van der Waals surface area contributed by atoms with Gasteiger partial charge < -0.3 is 18.8 Å². The van der Waals surface area contributed by atoms with Crippen LogP contribution < -0.4 is 9.64 Å². The fourth-order valence-electron chi connectivity index (χ4n) is 6.53. The number of hydrogen-bond acceptors (Lipinski definition) is 2. The molecule has 8 aromatic rings. The maximum Gasteiger partial charge on any atom is 0.151 e. The van der Waals surface area contributed by atoms with Crippen molar-refractivity contribution in [2.75, 3.05) is 4.90 Å². The first-order chi connectivity index (χ1) is 20.8. The van der Waals surface area contributed by atoms with Crippen molar-refractivity contribution in [1.82, 2.24) is 9.13 Å². The van der Waals surface area contributed by atoms with Crippen molar-refractivity contribution in [3.63, 3.8) is 0 Å². The molecule has 0 fully saturated rings. The third-order valence-corrected chi connectivity index (χ3v) is 8.32. The summed E-state index contributed by atoms with van der Waals surface area (Å²) in [4.78, 5) is 2.30. The number of aromatic nitrogens is 2. The number of ether oxygens (including phenoxy) is 1. The van der Waals surface area contributed by atoms with E-state index in [-0.39, 0.29) is 0 Å². The van der Waals surface area contributed by atoms with E-state index in [1.54, 1.807) is 0 Å². The van der Waals surface area contributed by atoms with Gasteiger partial charge in [-0.25, -0.2) is 0 Å². The molecule has 4 nitrogen and oxygen atoms in total. The molecule has 0 saturated carbocycles. The summed E-state index contributed by atoms with van der Waals surface area (Å²) >= 11 is 0. The second-order valence-corrected chi connectivity index (χ2v) is 10.7. The standard InChI is InChI=1S/C38H25N3O/c1-2-11-26(12-3-1)39-24-23-30-31(39)21-22-35-38(30)29-15-4-5-16-32(29)40(35)27-13-10-14-28(25-27)41-33-17-6-8-19-36(33)42-37-20-9-7-18-34(37)41/h1-25H. The van der Waals surface area contributed by atoms with Crippen LogP contribution in [-0.4, -0.2) is 9.13 Å². The van der Waals surface area contributed by atoms with Gasteiger partial charge in [0.05, 0.1) is 27.9 Å². The Hall–Kier alpha value is -5.74. The molecule has 1 aliphatic rings. The van der Waals surface area contributed by atoms with Gasteiger partial charge in [0.1, 0.15) is 0 Å². The van der Waals surface area contributed by atoms with Crippen LogP contribution in [0.1, 0.15) is 0 Å². The zero-order chi connectivity index (χ0) is 27.6. The quantitative estimate of drug-likeness (QED) is 0.223. The summed E-state index contributed by atoms with van der Waals surface area (Å²) in [5, 5.41) is 3.76. The lowest BCUT2D eigenvalue weighted by Crippen LogP contribution is -2.15. The fourth-order valence-corrected chi connectivity index (χ4v) is 6.53. The van der Waals surface area contributed by atoms with Crippen molar-refractivity contribution in [1.29, 1.82) is 0 Å². The molecule has 6 aromatic carbocycles. The van der Waals surface area contributed by atoms with Gasteiger partial charge in [-0.15, -0.1) is 0 Å². The van der Waals surface area contributed by atoms with Gasteiger partial charge in [0.2, 0.25) is 0 Å². The predicted octanol–water partition coefficient (Wildman–Crippen LogP) is 10.3. The normalized spacial score (nSPS) is 12.4. The Morgan fingerprint density at radius 3 is 1.86 bits per heavy atom. The molecule has 0 aliphatic carbocycles. The number of benzene rings is 6. The number of para-hydroxylation sites is 6. The lowest BCUT2D eigenvalue weighted by atomic mass is 10.1. The van der Waals surface area contributed by atoms with Gasteiger partial charge in [-0.2, -0.15) is 0 Å². The fraction of sp³-hybridized carbons (Fsp3) is 0. The largest absolute Gasteiger partial charge is 0.453 e. The topological polar surface area (TPSA) is 22.3 Å². The maximum atomic E-state index is 6.27. The zero-order valence-electron chi connectivity index (χ0n) is 22.7. The Kier molecular flexibility index (Phi) is 4.87. The smallest absolute Gasteiger partial charge is 0.151 e. The van der Waals surface area contributed by atoms with E-state index >= 15 is 0 Å². The molecular formula is C38H25N3O. The van der Waals surface area contributed by atoms with Gasteiger partial charge >= 0.3 is 0 Å². The number of nitrogens with zero attached hydrogens (tertiary/aromatic N) is 3. The summed E-state index contributed by atoms with van der Waals surface area (Å²) in [6.45, 7) is 0. The predicted molar refractivity (Wildman–Crippen MR) is 172 cm³/mol. The number of fused-ring (bicyclic) bond motifs is 7. The molecule has 0 amide bonds. The minimum absolute atomic E-state index is 0.851. The first kappa shape index (κ1) is 23.0. The van der Waals surface area contributed by atoms with E-state index in [9.17, 15) is 0 Å². The second-order valence-electron chi connectivity index (χ2n) is 10.7. The van der Waals surface area contributed by atoms with Crippen LogP contribution in [0.25, 0.3) is 44.1 Å². The number of anilines is 3. The van der Waals surface area contributed by atoms with E-state index in [1.807, 2.05) is 24.3 Å². The van der Waals surface area contributed by atoms with Gasteiger partial charge in [0.25, 0.3) is 0 Å². The second kappa shape index (κ2) is 8.88. The van der Waals surface area contributed by atoms with Gasteiger partial charge in [0, 0.05) is 39.4 Å². The summed E-state index contributed by atoms with van der Waals surface area (Å²) < 4.78 is 10.9. The van der Waals surface area contributed by atoms with E-state index in [4.69, 9.17) is 4.74 Å². The minimum Gasteiger partial charge on any atom is -0.453 e. The van der Waals surface area contributed by atoms with Crippen molar-refractivity contribution in [2.45, 2.75) is 0 Å². The molecule has 3 heterocycles. The molecule has 0 bridgehead atoms. The maximum absolute atomic E-state index is 6.27. The number of hydrogen-bond donors (Lipinski definition) is 0. The Balaban J connectivity index is 1.28. The zero-order valence-corrected chi connectivity index (χ0v) is 22.7. The average molecular weight is 540 g/mol. The highest BCUT2D eigenvalue weighted by atomic mass is 16.5. The van der Waals surface area contributed by atoms with Crippen LogP contribution in [0, 0.1) is 0 Å². The average Bonchev–Trinajstić information content (AvgIpc) is 3.63. The van der Waals surface area contributed by atoms with E-state index in [2.05, 4.69) is 142 Å². The molecule has 0 saturated heterocycles. The van der Waals surface area contributed by atoms with Crippen LogP contribution >= 0.6 is 0 Å².